The monoisotopic (exact) mass is 385 g/mol. The van der Waals surface area contributed by atoms with Crippen molar-refractivity contribution >= 4 is 23.5 Å². The van der Waals surface area contributed by atoms with Crippen LogP contribution in [0.4, 0.5) is 11.5 Å². The van der Waals surface area contributed by atoms with Gasteiger partial charge in [-0.15, -0.1) is 0 Å². The molecule has 1 fully saturated rings. The van der Waals surface area contributed by atoms with Gasteiger partial charge < -0.3 is 19.1 Å². The first-order valence-electron chi connectivity index (χ1n) is 8.78. The molecule has 0 bridgehead atoms. The fraction of sp³-hybridized carbons (Fsp3) is 0.421. The molecule has 7 nitrogen and oxygen atoms in total. The molecule has 0 aromatic carbocycles. The highest BCUT2D eigenvalue weighted by Crippen LogP contribution is 2.25. The van der Waals surface area contributed by atoms with Crippen molar-refractivity contribution in [2.45, 2.75) is 13.3 Å². The van der Waals surface area contributed by atoms with Crippen LogP contribution in [0.5, 0.6) is 5.88 Å². The molecule has 0 aliphatic carbocycles. The molecule has 0 saturated carbocycles. The number of methoxy groups -OCH3 is 1. The van der Waals surface area contributed by atoms with Gasteiger partial charge in [0.1, 0.15) is 17.8 Å². The van der Waals surface area contributed by atoms with E-state index in [0.717, 1.165) is 47.8 Å². The van der Waals surface area contributed by atoms with E-state index in [0.29, 0.717) is 19.1 Å². The molecule has 142 valence electrons. The molecule has 0 radical (unpaired) electrons. The summed E-state index contributed by atoms with van der Waals surface area (Å²) in [4.78, 5) is 15.5. The number of nitrogens with zero attached hydrogens (tertiary/aromatic N) is 4. The molecule has 2 aromatic heterocycles. The van der Waals surface area contributed by atoms with Crippen LogP contribution >= 0.6 is 11.9 Å². The summed E-state index contributed by atoms with van der Waals surface area (Å²) in [5.41, 5.74) is 3.41. The first kappa shape index (κ1) is 19.3. The van der Waals surface area contributed by atoms with Crippen molar-refractivity contribution in [3.63, 3.8) is 0 Å². The van der Waals surface area contributed by atoms with Gasteiger partial charge in [0.25, 0.3) is 0 Å². The number of rotatable bonds is 5. The second kappa shape index (κ2) is 9.44. The molecule has 2 aromatic rings. The SMILES string of the molecule is CCc1ncnc(N2CCOCC2)c1C#Cc1cnc(OC)c(NSC)c1. The summed E-state index contributed by atoms with van der Waals surface area (Å²) in [5.74, 6) is 7.91. The number of anilines is 2. The largest absolute Gasteiger partial charge is 0.480 e. The van der Waals surface area contributed by atoms with Gasteiger partial charge in [0, 0.05) is 31.1 Å². The minimum absolute atomic E-state index is 0.543. The van der Waals surface area contributed by atoms with Crippen molar-refractivity contribution in [2.24, 2.45) is 0 Å². The average molecular weight is 385 g/mol. The Morgan fingerprint density at radius 1 is 1.26 bits per heavy atom. The van der Waals surface area contributed by atoms with Crippen molar-refractivity contribution in [3.05, 3.63) is 35.4 Å². The van der Waals surface area contributed by atoms with Crippen LogP contribution in [0.3, 0.4) is 0 Å². The van der Waals surface area contributed by atoms with Crippen molar-refractivity contribution in [1.82, 2.24) is 15.0 Å². The van der Waals surface area contributed by atoms with Crippen molar-refractivity contribution in [2.75, 3.05) is 49.3 Å². The summed E-state index contributed by atoms with van der Waals surface area (Å²) in [6.07, 6.45) is 6.07. The molecule has 0 atom stereocenters. The van der Waals surface area contributed by atoms with Gasteiger partial charge in [-0.2, -0.15) is 0 Å². The second-order valence-corrected chi connectivity index (χ2v) is 6.42. The zero-order valence-electron chi connectivity index (χ0n) is 15.8. The Bertz CT molecular complexity index is 844. The third kappa shape index (κ3) is 4.62. The number of aryl methyl sites for hydroxylation is 1. The van der Waals surface area contributed by atoms with Gasteiger partial charge in [0.05, 0.1) is 31.6 Å². The van der Waals surface area contributed by atoms with Gasteiger partial charge in [0.15, 0.2) is 0 Å². The zero-order chi connectivity index (χ0) is 19.1. The average Bonchev–Trinajstić information content (AvgIpc) is 2.73. The molecule has 0 unspecified atom stereocenters. The molecule has 3 heterocycles. The van der Waals surface area contributed by atoms with Crippen molar-refractivity contribution in [1.29, 1.82) is 0 Å². The fourth-order valence-electron chi connectivity index (χ4n) is 2.82. The number of hydrogen-bond donors (Lipinski definition) is 1. The van der Waals surface area contributed by atoms with Crippen LogP contribution in [0.15, 0.2) is 18.6 Å². The molecular formula is C19H23N5O2S. The van der Waals surface area contributed by atoms with E-state index in [2.05, 4.69) is 43.3 Å². The lowest BCUT2D eigenvalue weighted by Gasteiger charge is -2.28. The maximum atomic E-state index is 5.45. The van der Waals surface area contributed by atoms with Crippen LogP contribution in [-0.2, 0) is 11.2 Å². The van der Waals surface area contributed by atoms with Crippen LogP contribution in [0.1, 0.15) is 23.7 Å². The van der Waals surface area contributed by atoms with E-state index in [1.165, 1.54) is 11.9 Å². The number of aromatic nitrogens is 3. The maximum absolute atomic E-state index is 5.45. The lowest BCUT2D eigenvalue weighted by atomic mass is 10.1. The minimum Gasteiger partial charge on any atom is -0.480 e. The van der Waals surface area contributed by atoms with Crippen molar-refractivity contribution in [3.8, 4) is 17.7 Å². The lowest BCUT2D eigenvalue weighted by Crippen LogP contribution is -2.37. The summed E-state index contributed by atoms with van der Waals surface area (Å²) in [6.45, 7) is 5.09. The molecule has 1 saturated heterocycles. The highest BCUT2D eigenvalue weighted by Gasteiger charge is 2.18. The third-order valence-electron chi connectivity index (χ3n) is 4.14. The minimum atomic E-state index is 0.543. The van der Waals surface area contributed by atoms with Gasteiger partial charge in [-0.25, -0.2) is 15.0 Å². The number of morpholine rings is 1. The molecule has 1 aliphatic rings. The lowest BCUT2D eigenvalue weighted by molar-refractivity contribution is 0.122. The van der Waals surface area contributed by atoms with Gasteiger partial charge in [-0.1, -0.05) is 30.7 Å². The zero-order valence-corrected chi connectivity index (χ0v) is 16.6. The quantitative estimate of drug-likeness (QED) is 0.621. The van der Waals surface area contributed by atoms with Crippen LogP contribution < -0.4 is 14.4 Å². The van der Waals surface area contributed by atoms with Gasteiger partial charge >= 0.3 is 0 Å². The van der Waals surface area contributed by atoms with E-state index >= 15 is 0 Å². The Kier molecular flexibility index (Phi) is 6.74. The van der Waals surface area contributed by atoms with Crippen LogP contribution in [-0.4, -0.2) is 54.6 Å². The number of hydrogen-bond acceptors (Lipinski definition) is 8. The summed E-state index contributed by atoms with van der Waals surface area (Å²) >= 11 is 1.48. The van der Waals surface area contributed by atoms with E-state index in [1.54, 1.807) is 19.6 Å². The molecule has 1 aliphatic heterocycles. The summed E-state index contributed by atoms with van der Waals surface area (Å²) < 4.78 is 13.9. The summed E-state index contributed by atoms with van der Waals surface area (Å²) in [6, 6.07) is 1.93. The third-order valence-corrected chi connectivity index (χ3v) is 4.56. The Morgan fingerprint density at radius 2 is 2.07 bits per heavy atom. The summed E-state index contributed by atoms with van der Waals surface area (Å²) in [5, 5.41) is 0. The highest BCUT2D eigenvalue weighted by atomic mass is 32.2. The molecule has 1 N–H and O–H groups in total. The normalized spacial score (nSPS) is 13.7. The van der Waals surface area contributed by atoms with Gasteiger partial charge in [-0.3, -0.25) is 0 Å². The van der Waals surface area contributed by atoms with E-state index in [9.17, 15) is 0 Å². The number of pyridine rings is 1. The van der Waals surface area contributed by atoms with Crippen LogP contribution in [0.2, 0.25) is 0 Å². The van der Waals surface area contributed by atoms with E-state index in [-0.39, 0.29) is 0 Å². The molecular weight excluding hydrogens is 362 g/mol. The molecule has 8 heteroatoms. The van der Waals surface area contributed by atoms with Crippen molar-refractivity contribution < 1.29 is 9.47 Å². The number of nitrogens with one attached hydrogen (secondary N) is 1. The second-order valence-electron chi connectivity index (χ2n) is 5.81. The molecule has 0 amide bonds. The smallest absolute Gasteiger partial charge is 0.238 e. The molecule has 0 spiro atoms. The predicted molar refractivity (Wildman–Crippen MR) is 108 cm³/mol. The van der Waals surface area contributed by atoms with E-state index in [4.69, 9.17) is 9.47 Å². The summed E-state index contributed by atoms with van der Waals surface area (Å²) in [7, 11) is 1.60. The molecule has 3 rings (SSSR count). The van der Waals surface area contributed by atoms with E-state index < -0.39 is 0 Å². The van der Waals surface area contributed by atoms with E-state index in [1.807, 2.05) is 12.3 Å². The fourth-order valence-corrected chi connectivity index (χ4v) is 3.19. The van der Waals surface area contributed by atoms with Gasteiger partial charge in [-0.05, 0) is 12.5 Å². The Morgan fingerprint density at radius 3 is 2.78 bits per heavy atom. The Hall–Kier alpha value is -2.50. The van der Waals surface area contributed by atoms with Gasteiger partial charge in [0.2, 0.25) is 5.88 Å². The standard InChI is InChI=1S/C19H23N5O2S/c1-4-16-15(18(22-13-21-16)24-7-9-26-10-8-24)6-5-14-11-17(23-27-3)19(25-2)20-12-14/h11-13,23H,4,7-10H2,1-3H3. The maximum Gasteiger partial charge on any atom is 0.238 e. The van der Waals surface area contributed by atoms with Crippen LogP contribution in [0.25, 0.3) is 0 Å². The first-order valence-corrected chi connectivity index (χ1v) is 10.0. The Balaban J connectivity index is 1.97. The highest BCUT2D eigenvalue weighted by molar-refractivity contribution is 7.99. The molecule has 27 heavy (non-hydrogen) atoms. The predicted octanol–water partition coefficient (Wildman–Crippen LogP) is 2.37. The number of ether oxygens (including phenoxy) is 2. The first-order chi connectivity index (χ1) is 13.3. The Labute approximate surface area is 164 Å². The van der Waals surface area contributed by atoms with Crippen LogP contribution in [0, 0.1) is 11.8 Å². The topological polar surface area (TPSA) is 72.4 Å².